The number of nitrogens with one attached hydrogen (secondary N) is 1. The van der Waals surface area contributed by atoms with Gasteiger partial charge in [0.2, 0.25) is 0 Å². The number of aromatic nitrogens is 2. The Morgan fingerprint density at radius 3 is 2.65 bits per heavy atom. The highest BCUT2D eigenvalue weighted by atomic mass is 79.9. The summed E-state index contributed by atoms with van der Waals surface area (Å²) >= 11 is 9.78. The van der Waals surface area contributed by atoms with E-state index in [-0.39, 0.29) is 6.04 Å². The number of benzene rings is 1. The monoisotopic (exact) mass is 355 g/mol. The fraction of sp³-hybridized carbons (Fsp3) is 0.400. The van der Waals surface area contributed by atoms with E-state index < -0.39 is 0 Å². The minimum Gasteiger partial charge on any atom is -0.311 e. The maximum Gasteiger partial charge on any atom is 0.0834 e. The molecule has 0 aliphatic heterocycles. The average molecular weight is 357 g/mol. The third-order valence-electron chi connectivity index (χ3n) is 3.30. The van der Waals surface area contributed by atoms with Gasteiger partial charge < -0.3 is 5.32 Å². The zero-order valence-electron chi connectivity index (χ0n) is 11.7. The second-order valence-corrected chi connectivity index (χ2v) is 6.10. The number of halogens is 2. The van der Waals surface area contributed by atoms with Crippen LogP contribution in [0.25, 0.3) is 0 Å². The number of rotatable bonds is 6. The van der Waals surface area contributed by atoms with E-state index in [1.165, 1.54) is 5.56 Å². The maximum absolute atomic E-state index is 6.31. The first-order chi connectivity index (χ1) is 9.65. The van der Waals surface area contributed by atoms with Crippen LogP contribution in [-0.4, -0.2) is 16.8 Å². The van der Waals surface area contributed by atoms with Crippen LogP contribution in [0.3, 0.4) is 0 Å². The highest BCUT2D eigenvalue weighted by Crippen LogP contribution is 2.26. The third-order valence-corrected chi connectivity index (χ3v) is 4.12. The molecule has 1 heterocycles. The normalized spacial score (nSPS) is 12.6. The Hall–Kier alpha value is -0.840. The topological polar surface area (TPSA) is 29.9 Å². The second kappa shape index (κ2) is 7.25. The molecular weight excluding hydrogens is 338 g/mol. The molecule has 2 aromatic rings. The van der Waals surface area contributed by atoms with Gasteiger partial charge in [0.15, 0.2) is 0 Å². The predicted molar refractivity (Wildman–Crippen MR) is 87.2 cm³/mol. The highest BCUT2D eigenvalue weighted by molar-refractivity contribution is 9.10. The average Bonchev–Trinajstić information content (AvgIpc) is 2.80. The Morgan fingerprint density at radius 2 is 2.05 bits per heavy atom. The van der Waals surface area contributed by atoms with Crippen molar-refractivity contribution in [2.45, 2.75) is 32.4 Å². The van der Waals surface area contributed by atoms with Gasteiger partial charge >= 0.3 is 0 Å². The molecule has 0 radical (unpaired) electrons. The molecule has 20 heavy (non-hydrogen) atoms. The quantitative estimate of drug-likeness (QED) is 0.840. The maximum atomic E-state index is 6.31. The third kappa shape index (κ3) is 3.62. The molecule has 1 aromatic heterocycles. The summed E-state index contributed by atoms with van der Waals surface area (Å²) in [5.41, 5.74) is 2.34. The number of hydrogen-bond acceptors (Lipinski definition) is 2. The van der Waals surface area contributed by atoms with Crippen LogP contribution in [0.2, 0.25) is 5.02 Å². The van der Waals surface area contributed by atoms with E-state index in [1.807, 2.05) is 11.7 Å². The van der Waals surface area contributed by atoms with Crippen molar-refractivity contribution in [3.8, 4) is 0 Å². The molecule has 1 atom stereocenters. The van der Waals surface area contributed by atoms with Gasteiger partial charge in [0.1, 0.15) is 0 Å². The molecule has 0 saturated carbocycles. The molecule has 0 fully saturated rings. The summed E-state index contributed by atoms with van der Waals surface area (Å²) in [5.74, 6) is 0. The molecule has 0 amide bonds. The van der Waals surface area contributed by atoms with Gasteiger partial charge in [0, 0.05) is 11.0 Å². The smallest absolute Gasteiger partial charge is 0.0834 e. The van der Waals surface area contributed by atoms with Crippen LogP contribution in [0.4, 0.5) is 0 Å². The summed E-state index contributed by atoms with van der Waals surface area (Å²) in [4.78, 5) is 0. The molecular formula is C15H19BrClN3. The van der Waals surface area contributed by atoms with Gasteiger partial charge in [-0.3, -0.25) is 4.68 Å². The summed E-state index contributed by atoms with van der Waals surface area (Å²) < 4.78 is 3.10. The van der Waals surface area contributed by atoms with Crippen molar-refractivity contribution in [1.29, 1.82) is 0 Å². The Bertz CT molecular complexity index is 551. The molecule has 0 aliphatic carbocycles. The van der Waals surface area contributed by atoms with Crippen molar-refractivity contribution < 1.29 is 0 Å². The fourth-order valence-electron chi connectivity index (χ4n) is 2.30. The van der Waals surface area contributed by atoms with Crippen molar-refractivity contribution in [3.63, 3.8) is 0 Å². The van der Waals surface area contributed by atoms with Crippen LogP contribution in [-0.2, 0) is 13.0 Å². The number of aryl methyl sites for hydroxylation is 1. The lowest BCUT2D eigenvalue weighted by Crippen LogP contribution is -2.23. The first kappa shape index (κ1) is 15.5. The first-order valence-electron chi connectivity index (χ1n) is 6.78. The molecule has 3 nitrogen and oxygen atoms in total. The van der Waals surface area contributed by atoms with Gasteiger partial charge in [-0.05, 0) is 37.6 Å². The molecule has 5 heteroatoms. The van der Waals surface area contributed by atoms with E-state index in [2.05, 4.69) is 57.5 Å². The van der Waals surface area contributed by atoms with Crippen molar-refractivity contribution in [3.05, 3.63) is 51.2 Å². The lowest BCUT2D eigenvalue weighted by Gasteiger charge is -2.19. The zero-order valence-corrected chi connectivity index (χ0v) is 14.1. The van der Waals surface area contributed by atoms with Crippen LogP contribution in [0.1, 0.15) is 30.6 Å². The van der Waals surface area contributed by atoms with Gasteiger partial charge in [-0.25, -0.2) is 0 Å². The summed E-state index contributed by atoms with van der Waals surface area (Å²) in [5, 5.41) is 8.45. The Morgan fingerprint density at radius 1 is 1.35 bits per heavy atom. The standard InChI is InChI=1S/C15H19BrClN3/c1-3-8-20-15(13(17)10-19-20)14(18-2)9-11-4-6-12(16)7-5-11/h4-7,10,14,18H,3,8-9H2,1-2H3. The van der Waals surface area contributed by atoms with E-state index >= 15 is 0 Å². The van der Waals surface area contributed by atoms with Gasteiger partial charge in [0.05, 0.1) is 23.0 Å². The van der Waals surface area contributed by atoms with Gasteiger partial charge in [-0.15, -0.1) is 0 Å². The summed E-state index contributed by atoms with van der Waals surface area (Å²) in [7, 11) is 1.96. The van der Waals surface area contributed by atoms with Crippen LogP contribution in [0, 0.1) is 0 Å². The number of nitrogens with zero attached hydrogens (tertiary/aromatic N) is 2. The van der Waals surface area contributed by atoms with E-state index in [1.54, 1.807) is 6.20 Å². The molecule has 1 N–H and O–H groups in total. The molecule has 1 aromatic carbocycles. The van der Waals surface area contributed by atoms with Crippen molar-refractivity contribution in [2.24, 2.45) is 0 Å². The predicted octanol–water partition coefficient (Wildman–Crippen LogP) is 4.21. The fourth-order valence-corrected chi connectivity index (χ4v) is 2.84. The summed E-state index contributed by atoms with van der Waals surface area (Å²) in [6, 6.07) is 8.55. The van der Waals surface area contributed by atoms with E-state index in [0.717, 1.165) is 34.6 Å². The highest BCUT2D eigenvalue weighted by Gasteiger charge is 2.19. The van der Waals surface area contributed by atoms with Crippen molar-refractivity contribution >= 4 is 27.5 Å². The zero-order chi connectivity index (χ0) is 14.5. The minimum atomic E-state index is 0.165. The van der Waals surface area contributed by atoms with Gasteiger partial charge in [-0.1, -0.05) is 46.6 Å². The summed E-state index contributed by atoms with van der Waals surface area (Å²) in [6.45, 7) is 3.03. The van der Waals surface area contributed by atoms with Crippen LogP contribution < -0.4 is 5.32 Å². The first-order valence-corrected chi connectivity index (χ1v) is 7.95. The number of hydrogen-bond donors (Lipinski definition) is 1. The lowest BCUT2D eigenvalue weighted by atomic mass is 10.0. The van der Waals surface area contributed by atoms with Crippen LogP contribution in [0.5, 0.6) is 0 Å². The van der Waals surface area contributed by atoms with Gasteiger partial charge in [-0.2, -0.15) is 5.10 Å². The second-order valence-electron chi connectivity index (χ2n) is 4.77. The Kier molecular flexibility index (Phi) is 5.64. The Balaban J connectivity index is 2.23. The summed E-state index contributed by atoms with van der Waals surface area (Å²) in [6.07, 6.45) is 3.66. The Labute approximate surface area is 133 Å². The SMILES string of the molecule is CCCn1ncc(Cl)c1C(Cc1ccc(Br)cc1)NC. The van der Waals surface area contributed by atoms with Crippen LogP contribution in [0.15, 0.2) is 34.9 Å². The van der Waals surface area contributed by atoms with Crippen molar-refractivity contribution in [2.75, 3.05) is 7.05 Å². The molecule has 0 spiro atoms. The number of likely N-dealkylation sites (N-methyl/N-ethyl adjacent to an activating group) is 1. The molecule has 108 valence electrons. The van der Waals surface area contributed by atoms with E-state index in [4.69, 9.17) is 11.6 Å². The lowest BCUT2D eigenvalue weighted by molar-refractivity contribution is 0.497. The molecule has 0 aliphatic rings. The minimum absolute atomic E-state index is 0.165. The molecule has 0 saturated heterocycles. The van der Waals surface area contributed by atoms with Gasteiger partial charge in [0.25, 0.3) is 0 Å². The molecule has 2 rings (SSSR count). The largest absolute Gasteiger partial charge is 0.311 e. The molecule has 1 unspecified atom stereocenters. The molecule has 0 bridgehead atoms. The van der Waals surface area contributed by atoms with Crippen molar-refractivity contribution in [1.82, 2.24) is 15.1 Å². The van der Waals surface area contributed by atoms with E-state index in [0.29, 0.717) is 0 Å². The van der Waals surface area contributed by atoms with E-state index in [9.17, 15) is 0 Å². The van der Waals surface area contributed by atoms with Crippen LogP contribution >= 0.6 is 27.5 Å².